The van der Waals surface area contributed by atoms with Gasteiger partial charge >= 0.3 is 0 Å². The highest BCUT2D eigenvalue weighted by molar-refractivity contribution is 8.00. The number of benzene rings is 1. The molecule has 0 saturated heterocycles. The van der Waals surface area contributed by atoms with Gasteiger partial charge in [-0.05, 0) is 44.7 Å². The van der Waals surface area contributed by atoms with E-state index in [0.717, 1.165) is 27.7 Å². The molecule has 5 heteroatoms. The molecule has 0 aliphatic heterocycles. The van der Waals surface area contributed by atoms with Crippen molar-refractivity contribution in [3.8, 4) is 0 Å². The van der Waals surface area contributed by atoms with Gasteiger partial charge in [0.2, 0.25) is 10.0 Å². The van der Waals surface area contributed by atoms with Crippen molar-refractivity contribution in [1.82, 2.24) is 4.72 Å². The summed E-state index contributed by atoms with van der Waals surface area (Å²) in [6.07, 6.45) is 5.22. The SMILES string of the molecule is Cc1cc(C)c(S(=O)(=O)NCCSC2CCCC2)c(C)c1. The number of hydrogen-bond acceptors (Lipinski definition) is 3. The third-order valence-electron chi connectivity index (χ3n) is 3.92. The van der Waals surface area contributed by atoms with Gasteiger partial charge in [0.15, 0.2) is 0 Å². The molecule has 1 N–H and O–H groups in total. The average Bonchev–Trinajstić information content (AvgIpc) is 2.86. The molecule has 118 valence electrons. The Morgan fingerprint density at radius 2 is 1.71 bits per heavy atom. The van der Waals surface area contributed by atoms with E-state index >= 15 is 0 Å². The predicted molar refractivity (Wildman–Crippen MR) is 90.6 cm³/mol. The van der Waals surface area contributed by atoms with Crippen LogP contribution in [0, 0.1) is 20.8 Å². The maximum Gasteiger partial charge on any atom is 0.241 e. The number of rotatable bonds is 6. The summed E-state index contributed by atoms with van der Waals surface area (Å²) < 4.78 is 27.7. The van der Waals surface area contributed by atoms with Crippen molar-refractivity contribution in [3.63, 3.8) is 0 Å². The molecule has 21 heavy (non-hydrogen) atoms. The predicted octanol–water partition coefficient (Wildman–Crippen LogP) is 3.57. The normalized spacial score (nSPS) is 16.5. The van der Waals surface area contributed by atoms with Crippen LogP contribution in [0.25, 0.3) is 0 Å². The number of aryl methyl sites for hydroxylation is 3. The van der Waals surface area contributed by atoms with Crippen molar-refractivity contribution in [3.05, 3.63) is 28.8 Å². The van der Waals surface area contributed by atoms with Crippen molar-refractivity contribution < 1.29 is 8.42 Å². The van der Waals surface area contributed by atoms with E-state index in [1.54, 1.807) is 0 Å². The first-order valence-electron chi connectivity index (χ1n) is 7.59. The van der Waals surface area contributed by atoms with Crippen LogP contribution in [0.2, 0.25) is 0 Å². The number of sulfonamides is 1. The van der Waals surface area contributed by atoms with Crippen LogP contribution >= 0.6 is 11.8 Å². The summed E-state index contributed by atoms with van der Waals surface area (Å²) >= 11 is 1.90. The fourth-order valence-electron chi connectivity index (χ4n) is 3.12. The van der Waals surface area contributed by atoms with Crippen LogP contribution in [0.1, 0.15) is 42.4 Å². The summed E-state index contributed by atoms with van der Waals surface area (Å²) in [6.45, 7) is 6.22. The highest BCUT2D eigenvalue weighted by Gasteiger charge is 2.20. The van der Waals surface area contributed by atoms with E-state index in [9.17, 15) is 8.42 Å². The van der Waals surface area contributed by atoms with Crippen LogP contribution in [0.4, 0.5) is 0 Å². The van der Waals surface area contributed by atoms with Crippen molar-refractivity contribution in [2.75, 3.05) is 12.3 Å². The maximum absolute atomic E-state index is 12.5. The third kappa shape index (κ3) is 4.47. The van der Waals surface area contributed by atoms with E-state index in [4.69, 9.17) is 0 Å². The van der Waals surface area contributed by atoms with Gasteiger partial charge in [0.05, 0.1) is 4.90 Å². The van der Waals surface area contributed by atoms with E-state index in [1.165, 1.54) is 25.7 Å². The quantitative estimate of drug-likeness (QED) is 0.813. The van der Waals surface area contributed by atoms with E-state index < -0.39 is 10.0 Å². The number of hydrogen-bond donors (Lipinski definition) is 1. The summed E-state index contributed by atoms with van der Waals surface area (Å²) in [5.74, 6) is 0.855. The molecule has 1 saturated carbocycles. The minimum Gasteiger partial charge on any atom is -0.210 e. The molecule has 1 aliphatic rings. The van der Waals surface area contributed by atoms with Crippen LogP contribution in [0.3, 0.4) is 0 Å². The molecular formula is C16H25NO2S2. The van der Waals surface area contributed by atoms with Crippen LogP contribution < -0.4 is 4.72 Å². The fraction of sp³-hybridized carbons (Fsp3) is 0.625. The molecule has 1 aromatic rings. The molecule has 0 atom stereocenters. The second-order valence-electron chi connectivity index (χ2n) is 5.90. The van der Waals surface area contributed by atoms with Gasteiger partial charge in [-0.25, -0.2) is 13.1 Å². The first-order chi connectivity index (χ1) is 9.90. The molecular weight excluding hydrogens is 302 g/mol. The lowest BCUT2D eigenvalue weighted by atomic mass is 10.1. The average molecular weight is 328 g/mol. The number of nitrogens with one attached hydrogen (secondary N) is 1. The van der Waals surface area contributed by atoms with Gasteiger partial charge in [-0.15, -0.1) is 0 Å². The number of thioether (sulfide) groups is 1. The minimum atomic E-state index is -3.40. The topological polar surface area (TPSA) is 46.2 Å². The summed E-state index contributed by atoms with van der Waals surface area (Å²) in [5.41, 5.74) is 2.74. The van der Waals surface area contributed by atoms with Gasteiger partial charge in [-0.1, -0.05) is 30.5 Å². The van der Waals surface area contributed by atoms with Gasteiger partial charge in [-0.2, -0.15) is 11.8 Å². The minimum absolute atomic E-state index is 0.443. The molecule has 0 amide bonds. The summed E-state index contributed by atoms with van der Waals surface area (Å²) in [4.78, 5) is 0.443. The summed E-state index contributed by atoms with van der Waals surface area (Å²) in [6, 6.07) is 3.85. The Morgan fingerprint density at radius 1 is 1.14 bits per heavy atom. The second-order valence-corrected chi connectivity index (χ2v) is 9.01. The maximum atomic E-state index is 12.5. The lowest BCUT2D eigenvalue weighted by Crippen LogP contribution is -2.27. The first-order valence-corrected chi connectivity index (χ1v) is 10.1. The molecule has 2 rings (SSSR count). The molecule has 0 radical (unpaired) electrons. The highest BCUT2D eigenvalue weighted by atomic mass is 32.2. The lowest BCUT2D eigenvalue weighted by Gasteiger charge is -2.14. The molecule has 1 fully saturated rings. The first kappa shape index (κ1) is 16.8. The standard InChI is InChI=1S/C16H25NO2S2/c1-12-10-13(2)16(14(3)11-12)21(18,19)17-8-9-20-15-6-4-5-7-15/h10-11,15,17H,4-9H2,1-3H3. The van der Waals surface area contributed by atoms with Gasteiger partial charge in [0.25, 0.3) is 0 Å². The Labute approximate surface area is 133 Å². The van der Waals surface area contributed by atoms with Gasteiger partial charge < -0.3 is 0 Å². The van der Waals surface area contributed by atoms with Crippen LogP contribution in [-0.4, -0.2) is 26.0 Å². The van der Waals surface area contributed by atoms with Gasteiger partial charge in [-0.3, -0.25) is 0 Å². The van der Waals surface area contributed by atoms with Crippen molar-refractivity contribution >= 4 is 21.8 Å². The second kappa shape index (κ2) is 7.16. The molecule has 1 aromatic carbocycles. The zero-order valence-corrected chi connectivity index (χ0v) is 14.7. The van der Waals surface area contributed by atoms with Crippen molar-refractivity contribution in [1.29, 1.82) is 0 Å². The molecule has 0 heterocycles. The van der Waals surface area contributed by atoms with Crippen molar-refractivity contribution in [2.45, 2.75) is 56.6 Å². The van der Waals surface area contributed by atoms with Crippen LogP contribution in [0.5, 0.6) is 0 Å². The van der Waals surface area contributed by atoms with E-state index in [0.29, 0.717) is 11.4 Å². The van der Waals surface area contributed by atoms with E-state index in [2.05, 4.69) is 4.72 Å². The Balaban J connectivity index is 1.95. The van der Waals surface area contributed by atoms with Crippen molar-refractivity contribution in [2.24, 2.45) is 0 Å². The molecule has 0 spiro atoms. The largest absolute Gasteiger partial charge is 0.241 e. The molecule has 0 unspecified atom stereocenters. The lowest BCUT2D eigenvalue weighted by molar-refractivity contribution is 0.583. The molecule has 1 aliphatic carbocycles. The van der Waals surface area contributed by atoms with Crippen LogP contribution in [-0.2, 0) is 10.0 Å². The Kier molecular flexibility index (Phi) is 5.74. The molecule has 0 aromatic heterocycles. The summed E-state index contributed by atoms with van der Waals surface area (Å²) in [5, 5.41) is 0.734. The zero-order valence-electron chi connectivity index (χ0n) is 13.1. The molecule has 3 nitrogen and oxygen atoms in total. The van der Waals surface area contributed by atoms with E-state index in [-0.39, 0.29) is 0 Å². The Morgan fingerprint density at radius 3 is 2.29 bits per heavy atom. The Hall–Kier alpha value is -0.520. The molecule has 0 bridgehead atoms. The van der Waals surface area contributed by atoms with E-state index in [1.807, 2.05) is 44.7 Å². The van der Waals surface area contributed by atoms with Crippen LogP contribution in [0.15, 0.2) is 17.0 Å². The van der Waals surface area contributed by atoms with Gasteiger partial charge in [0.1, 0.15) is 0 Å². The Bertz CT molecular complexity index is 567. The smallest absolute Gasteiger partial charge is 0.210 e. The zero-order chi connectivity index (χ0) is 15.5. The van der Waals surface area contributed by atoms with Gasteiger partial charge in [0, 0.05) is 17.5 Å². The summed E-state index contributed by atoms with van der Waals surface area (Å²) in [7, 11) is -3.40. The highest BCUT2D eigenvalue weighted by Crippen LogP contribution is 2.29. The third-order valence-corrected chi connectivity index (χ3v) is 7.07. The fourth-order valence-corrected chi connectivity index (χ4v) is 5.95. The monoisotopic (exact) mass is 327 g/mol.